The Morgan fingerprint density at radius 1 is 1.19 bits per heavy atom. The lowest BCUT2D eigenvalue weighted by atomic mass is 10.0. The summed E-state index contributed by atoms with van der Waals surface area (Å²) in [7, 11) is 1.46. The zero-order chi connectivity index (χ0) is 11.7. The van der Waals surface area contributed by atoms with Crippen molar-refractivity contribution in [2.75, 3.05) is 7.11 Å². The third-order valence-electron chi connectivity index (χ3n) is 2.45. The van der Waals surface area contributed by atoms with Crippen LogP contribution in [0, 0.1) is 0 Å². The van der Waals surface area contributed by atoms with E-state index >= 15 is 0 Å². The van der Waals surface area contributed by atoms with Crippen molar-refractivity contribution >= 4 is 17.1 Å². The van der Waals surface area contributed by atoms with Gasteiger partial charge in [0.25, 0.3) is 0 Å². The number of carbonyl (C=O) groups is 1. The highest BCUT2D eigenvalue weighted by atomic mass is 16.5. The Bertz CT molecular complexity index is 560. The largest absolute Gasteiger partial charge is 0.507 e. The number of rotatable bonds is 2. The molecule has 16 heavy (non-hydrogen) atoms. The number of methoxy groups -OCH3 is 1. The smallest absolute Gasteiger partial charge is 0.153 e. The summed E-state index contributed by atoms with van der Waals surface area (Å²) in [5, 5.41) is 20.4. The molecule has 0 aromatic heterocycles. The van der Waals surface area contributed by atoms with Gasteiger partial charge in [-0.1, -0.05) is 0 Å². The quantitative estimate of drug-likeness (QED) is 0.757. The predicted octanol–water partition coefficient (Wildman–Crippen LogP) is 2.07. The minimum absolute atomic E-state index is 0.00194. The fourth-order valence-electron chi connectivity index (χ4n) is 1.60. The normalized spacial score (nSPS) is 10.3. The molecular weight excluding hydrogens is 208 g/mol. The van der Waals surface area contributed by atoms with Crippen molar-refractivity contribution in [2.45, 2.75) is 0 Å². The molecule has 0 amide bonds. The molecule has 0 aliphatic rings. The Labute approximate surface area is 91.7 Å². The number of carbonyl (C=O) groups excluding carboxylic acids is 1. The minimum Gasteiger partial charge on any atom is -0.507 e. The van der Waals surface area contributed by atoms with Crippen molar-refractivity contribution in [3.05, 3.63) is 29.8 Å². The molecule has 2 rings (SSSR count). The number of phenols is 2. The Morgan fingerprint density at radius 2 is 1.94 bits per heavy atom. The molecule has 0 saturated heterocycles. The highest BCUT2D eigenvalue weighted by Gasteiger charge is 2.10. The van der Waals surface area contributed by atoms with E-state index < -0.39 is 0 Å². The fraction of sp³-hybridized carbons (Fsp3) is 0.0833. The molecule has 0 aliphatic heterocycles. The van der Waals surface area contributed by atoms with Crippen LogP contribution in [0.5, 0.6) is 17.2 Å². The van der Waals surface area contributed by atoms with Crippen LogP contribution in [-0.2, 0) is 0 Å². The molecule has 0 spiro atoms. The van der Waals surface area contributed by atoms with E-state index in [9.17, 15) is 15.0 Å². The molecule has 4 nitrogen and oxygen atoms in total. The molecule has 4 heteroatoms. The van der Waals surface area contributed by atoms with Crippen molar-refractivity contribution < 1.29 is 19.7 Å². The van der Waals surface area contributed by atoms with Crippen LogP contribution in [0.25, 0.3) is 10.8 Å². The van der Waals surface area contributed by atoms with Gasteiger partial charge in [0.05, 0.1) is 12.7 Å². The Morgan fingerprint density at radius 3 is 2.56 bits per heavy atom. The number of aldehydes is 1. The van der Waals surface area contributed by atoms with Gasteiger partial charge in [-0.05, 0) is 18.2 Å². The first-order chi connectivity index (χ1) is 7.67. The Balaban J connectivity index is 2.85. The maximum absolute atomic E-state index is 10.7. The molecule has 2 N–H and O–H groups in total. The van der Waals surface area contributed by atoms with Crippen LogP contribution >= 0.6 is 0 Å². The van der Waals surface area contributed by atoms with Gasteiger partial charge in [-0.2, -0.15) is 0 Å². The number of phenolic OH excluding ortho intramolecular Hbond substituents is 2. The third-order valence-corrected chi connectivity index (χ3v) is 2.45. The first kappa shape index (κ1) is 10.3. The molecule has 0 radical (unpaired) electrons. The molecular formula is C12H10O4. The highest BCUT2D eigenvalue weighted by molar-refractivity contribution is 5.99. The lowest BCUT2D eigenvalue weighted by molar-refractivity contribution is 0.112. The monoisotopic (exact) mass is 218 g/mol. The van der Waals surface area contributed by atoms with E-state index in [2.05, 4.69) is 0 Å². The van der Waals surface area contributed by atoms with Gasteiger partial charge in [-0.3, -0.25) is 4.79 Å². The molecule has 0 bridgehead atoms. The summed E-state index contributed by atoms with van der Waals surface area (Å²) >= 11 is 0. The summed E-state index contributed by atoms with van der Waals surface area (Å²) in [5.74, 6) is 0.271. The van der Waals surface area contributed by atoms with Gasteiger partial charge in [0.15, 0.2) is 6.29 Å². The summed E-state index contributed by atoms with van der Waals surface area (Å²) in [6.07, 6.45) is 0.561. The molecule has 2 aromatic carbocycles. The number of aromatic hydroxyl groups is 2. The van der Waals surface area contributed by atoms with E-state index in [4.69, 9.17) is 4.74 Å². The third kappa shape index (κ3) is 1.44. The fourth-order valence-corrected chi connectivity index (χ4v) is 1.60. The van der Waals surface area contributed by atoms with Gasteiger partial charge >= 0.3 is 0 Å². The number of fused-ring (bicyclic) bond motifs is 1. The second kappa shape index (κ2) is 3.73. The molecule has 0 atom stereocenters. The SMILES string of the molecule is COc1cc(O)c2ccc(C=O)c(O)c2c1. The Kier molecular flexibility index (Phi) is 2.40. The van der Waals surface area contributed by atoms with Crippen molar-refractivity contribution in [1.82, 2.24) is 0 Å². The summed E-state index contributed by atoms with van der Waals surface area (Å²) in [6, 6.07) is 6.05. The molecule has 82 valence electrons. The summed E-state index contributed by atoms with van der Waals surface area (Å²) in [5.41, 5.74) is 0.181. The van der Waals surface area contributed by atoms with E-state index in [1.54, 1.807) is 12.1 Å². The van der Waals surface area contributed by atoms with Crippen LogP contribution in [0.4, 0.5) is 0 Å². The molecule has 0 aliphatic carbocycles. The number of hydrogen-bond acceptors (Lipinski definition) is 4. The van der Waals surface area contributed by atoms with E-state index in [-0.39, 0.29) is 17.1 Å². The van der Waals surface area contributed by atoms with Crippen LogP contribution in [0.3, 0.4) is 0 Å². The average molecular weight is 218 g/mol. The molecule has 0 heterocycles. The second-order valence-corrected chi connectivity index (χ2v) is 3.36. The molecule has 2 aromatic rings. The van der Waals surface area contributed by atoms with Crippen LogP contribution in [0.15, 0.2) is 24.3 Å². The molecule has 0 fully saturated rings. The van der Waals surface area contributed by atoms with Crippen molar-refractivity contribution in [3.63, 3.8) is 0 Å². The minimum atomic E-state index is -0.151. The standard InChI is InChI=1S/C12H10O4/c1-16-8-4-10-9(11(14)5-8)3-2-7(6-13)12(10)15/h2-6,14-15H,1H3. The van der Waals surface area contributed by atoms with Gasteiger partial charge in [-0.25, -0.2) is 0 Å². The maximum Gasteiger partial charge on any atom is 0.153 e. The van der Waals surface area contributed by atoms with Gasteiger partial charge in [0.2, 0.25) is 0 Å². The average Bonchev–Trinajstić information content (AvgIpc) is 2.30. The zero-order valence-corrected chi connectivity index (χ0v) is 8.60. The predicted molar refractivity (Wildman–Crippen MR) is 59.2 cm³/mol. The van der Waals surface area contributed by atoms with Crippen molar-refractivity contribution in [2.24, 2.45) is 0 Å². The first-order valence-corrected chi connectivity index (χ1v) is 4.65. The number of benzene rings is 2. The second-order valence-electron chi connectivity index (χ2n) is 3.36. The zero-order valence-electron chi connectivity index (χ0n) is 8.60. The van der Waals surface area contributed by atoms with Crippen molar-refractivity contribution in [3.8, 4) is 17.2 Å². The van der Waals surface area contributed by atoms with Crippen molar-refractivity contribution in [1.29, 1.82) is 0 Å². The first-order valence-electron chi connectivity index (χ1n) is 4.65. The van der Waals surface area contributed by atoms with E-state index in [1.165, 1.54) is 19.2 Å². The topological polar surface area (TPSA) is 66.8 Å². The summed E-state index contributed by atoms with van der Waals surface area (Å²) in [6.45, 7) is 0. The van der Waals surface area contributed by atoms with Crippen LogP contribution in [-0.4, -0.2) is 23.6 Å². The summed E-state index contributed by atoms with van der Waals surface area (Å²) in [4.78, 5) is 10.7. The van der Waals surface area contributed by atoms with Gasteiger partial charge in [0.1, 0.15) is 17.2 Å². The number of ether oxygens (including phenoxy) is 1. The lowest BCUT2D eigenvalue weighted by Gasteiger charge is -2.08. The maximum atomic E-state index is 10.7. The van der Waals surface area contributed by atoms with Crippen LogP contribution in [0.2, 0.25) is 0 Å². The Hall–Kier alpha value is -2.23. The lowest BCUT2D eigenvalue weighted by Crippen LogP contribution is -1.87. The van der Waals surface area contributed by atoms with Crippen LogP contribution in [0.1, 0.15) is 10.4 Å². The van der Waals surface area contributed by atoms with E-state index in [0.717, 1.165) is 0 Å². The van der Waals surface area contributed by atoms with Crippen LogP contribution < -0.4 is 4.74 Å². The van der Waals surface area contributed by atoms with E-state index in [0.29, 0.717) is 22.8 Å². The van der Waals surface area contributed by atoms with Gasteiger partial charge < -0.3 is 14.9 Å². The van der Waals surface area contributed by atoms with Gasteiger partial charge in [-0.15, -0.1) is 0 Å². The highest BCUT2D eigenvalue weighted by Crippen LogP contribution is 2.36. The summed E-state index contributed by atoms with van der Waals surface area (Å²) < 4.78 is 4.97. The molecule has 0 saturated carbocycles. The van der Waals surface area contributed by atoms with Gasteiger partial charge in [0, 0.05) is 16.8 Å². The molecule has 0 unspecified atom stereocenters. The van der Waals surface area contributed by atoms with E-state index in [1.807, 2.05) is 0 Å². The number of hydrogen-bond donors (Lipinski definition) is 2.